The summed E-state index contributed by atoms with van der Waals surface area (Å²) in [6.45, 7) is 18.8. The summed E-state index contributed by atoms with van der Waals surface area (Å²) in [5.74, 6) is 0.0843. The molecule has 0 aliphatic rings. The third-order valence-electron chi connectivity index (χ3n) is 7.41. The van der Waals surface area contributed by atoms with E-state index in [1.165, 1.54) is 22.1 Å². The van der Waals surface area contributed by atoms with Crippen LogP contribution in [0.2, 0.25) is 0 Å². The van der Waals surface area contributed by atoms with Crippen LogP contribution in [0.4, 0.5) is 10.6 Å². The fraction of sp³-hybridized carbons (Fsp3) is 0.514. The van der Waals surface area contributed by atoms with Crippen molar-refractivity contribution in [1.82, 2.24) is 14.3 Å². The SMILES string of the molecule is CC(C)CCC(C)(C)c1ccc(CN(Cc2cccc(N(CC(=O)OC(C)(C)C)C(=O)OC(C)(C)C)n2)S(=O)(=O)c2ccccn2)cc1. The van der Waals surface area contributed by atoms with Gasteiger partial charge in [0.2, 0.25) is 0 Å². The van der Waals surface area contributed by atoms with Gasteiger partial charge in [-0.1, -0.05) is 70.5 Å². The van der Waals surface area contributed by atoms with Crippen molar-refractivity contribution in [2.75, 3.05) is 11.4 Å². The van der Waals surface area contributed by atoms with E-state index in [4.69, 9.17) is 9.47 Å². The molecule has 0 atom stereocenters. The summed E-state index contributed by atoms with van der Waals surface area (Å²) in [5.41, 5.74) is 0.715. The second-order valence-electron chi connectivity index (χ2n) is 15.1. The number of esters is 1. The topological polar surface area (TPSA) is 119 Å². The number of carbonyl (C=O) groups is 2. The van der Waals surface area contributed by atoms with E-state index in [9.17, 15) is 18.0 Å². The van der Waals surface area contributed by atoms with Crippen molar-refractivity contribution in [3.8, 4) is 0 Å². The Morgan fingerprint density at radius 2 is 1.46 bits per heavy atom. The van der Waals surface area contributed by atoms with Gasteiger partial charge in [-0.05, 0) is 94.7 Å². The lowest BCUT2D eigenvalue weighted by atomic mass is 9.79. The van der Waals surface area contributed by atoms with Gasteiger partial charge in [-0.25, -0.2) is 23.2 Å². The van der Waals surface area contributed by atoms with Gasteiger partial charge in [0.25, 0.3) is 10.0 Å². The van der Waals surface area contributed by atoms with Crippen LogP contribution in [0, 0.1) is 5.92 Å². The van der Waals surface area contributed by atoms with Crippen molar-refractivity contribution in [2.45, 2.75) is 117 Å². The number of amides is 1. The molecule has 0 fully saturated rings. The summed E-state index contributed by atoms with van der Waals surface area (Å²) < 4.78 is 40.3. The summed E-state index contributed by atoms with van der Waals surface area (Å²) in [5, 5.41) is -0.0899. The molecule has 10 nitrogen and oxygen atoms in total. The second kappa shape index (κ2) is 15.6. The Labute approximate surface area is 286 Å². The molecular formula is C37H52N4O6S. The van der Waals surface area contributed by atoms with E-state index in [2.05, 4.69) is 49.8 Å². The fourth-order valence-corrected chi connectivity index (χ4v) is 6.19. The summed E-state index contributed by atoms with van der Waals surface area (Å²) in [4.78, 5) is 36.0. The van der Waals surface area contributed by atoms with Gasteiger partial charge < -0.3 is 9.47 Å². The highest BCUT2D eigenvalue weighted by Crippen LogP contribution is 2.31. The van der Waals surface area contributed by atoms with Crippen LogP contribution in [0.25, 0.3) is 0 Å². The molecule has 0 bridgehead atoms. The number of hydrogen-bond acceptors (Lipinski definition) is 8. The van der Waals surface area contributed by atoms with Gasteiger partial charge in [-0.15, -0.1) is 0 Å². The number of rotatable bonds is 13. The molecule has 3 rings (SSSR count). The van der Waals surface area contributed by atoms with Crippen molar-refractivity contribution in [1.29, 1.82) is 0 Å². The monoisotopic (exact) mass is 680 g/mol. The second-order valence-corrected chi connectivity index (χ2v) is 17.0. The van der Waals surface area contributed by atoms with Crippen molar-refractivity contribution in [2.24, 2.45) is 5.92 Å². The van der Waals surface area contributed by atoms with E-state index in [0.717, 1.165) is 23.3 Å². The maximum atomic E-state index is 14.0. The van der Waals surface area contributed by atoms with Crippen LogP contribution in [-0.4, -0.2) is 52.5 Å². The summed E-state index contributed by atoms with van der Waals surface area (Å²) >= 11 is 0. The molecule has 3 aromatic rings. The Bertz CT molecular complexity index is 1630. The van der Waals surface area contributed by atoms with Gasteiger partial charge in [0.1, 0.15) is 23.6 Å². The number of carbonyl (C=O) groups excluding carboxylic acids is 2. The van der Waals surface area contributed by atoms with Gasteiger partial charge in [0.15, 0.2) is 5.03 Å². The van der Waals surface area contributed by atoms with E-state index in [1.54, 1.807) is 71.9 Å². The zero-order valence-electron chi connectivity index (χ0n) is 30.1. The molecule has 0 aliphatic heterocycles. The highest BCUT2D eigenvalue weighted by atomic mass is 32.2. The Morgan fingerprint density at radius 3 is 2.02 bits per heavy atom. The summed E-state index contributed by atoms with van der Waals surface area (Å²) in [6.07, 6.45) is 2.81. The number of anilines is 1. The first-order valence-corrected chi connectivity index (χ1v) is 17.8. The third-order valence-corrected chi connectivity index (χ3v) is 9.12. The lowest BCUT2D eigenvalue weighted by Gasteiger charge is -2.28. The van der Waals surface area contributed by atoms with Gasteiger partial charge in [-0.2, -0.15) is 4.31 Å². The minimum Gasteiger partial charge on any atom is -0.459 e. The first-order chi connectivity index (χ1) is 22.2. The molecule has 1 aromatic carbocycles. The van der Waals surface area contributed by atoms with Gasteiger partial charge >= 0.3 is 12.1 Å². The van der Waals surface area contributed by atoms with Crippen LogP contribution >= 0.6 is 0 Å². The van der Waals surface area contributed by atoms with E-state index in [0.29, 0.717) is 11.6 Å². The highest BCUT2D eigenvalue weighted by Gasteiger charge is 2.31. The fourth-order valence-electron chi connectivity index (χ4n) is 4.86. The number of ether oxygens (including phenoxy) is 2. The molecule has 2 heterocycles. The van der Waals surface area contributed by atoms with Gasteiger partial charge in [0, 0.05) is 12.7 Å². The number of aromatic nitrogens is 2. The van der Waals surface area contributed by atoms with Crippen LogP contribution in [0.1, 0.15) is 98.9 Å². The van der Waals surface area contributed by atoms with E-state index >= 15 is 0 Å². The molecule has 0 N–H and O–H groups in total. The molecule has 0 spiro atoms. The molecule has 0 aliphatic carbocycles. The molecule has 1 amide bonds. The molecular weight excluding hydrogens is 628 g/mol. The zero-order valence-corrected chi connectivity index (χ0v) is 30.9. The van der Waals surface area contributed by atoms with Crippen LogP contribution in [0.3, 0.4) is 0 Å². The Kier molecular flexibility index (Phi) is 12.5. The lowest BCUT2D eigenvalue weighted by Crippen LogP contribution is -2.42. The maximum Gasteiger partial charge on any atom is 0.416 e. The molecule has 262 valence electrons. The molecule has 11 heteroatoms. The minimum atomic E-state index is -4.06. The van der Waals surface area contributed by atoms with Crippen LogP contribution in [0.5, 0.6) is 0 Å². The average molecular weight is 681 g/mol. The largest absolute Gasteiger partial charge is 0.459 e. The minimum absolute atomic E-state index is 0.0216. The Morgan fingerprint density at radius 1 is 0.812 bits per heavy atom. The maximum absolute atomic E-state index is 14.0. The molecule has 0 unspecified atom stereocenters. The van der Waals surface area contributed by atoms with Crippen LogP contribution in [0.15, 0.2) is 71.9 Å². The van der Waals surface area contributed by atoms with Crippen molar-refractivity contribution >= 4 is 27.9 Å². The quantitative estimate of drug-likeness (QED) is 0.169. The average Bonchev–Trinajstić information content (AvgIpc) is 2.97. The van der Waals surface area contributed by atoms with Crippen LogP contribution in [-0.2, 0) is 42.8 Å². The first-order valence-electron chi connectivity index (χ1n) is 16.4. The van der Waals surface area contributed by atoms with Crippen molar-refractivity contribution in [3.05, 3.63) is 83.7 Å². The Balaban J connectivity index is 1.98. The van der Waals surface area contributed by atoms with Crippen molar-refractivity contribution < 1.29 is 27.5 Å². The zero-order chi connectivity index (χ0) is 35.9. The normalized spacial score (nSPS) is 12.7. The molecule has 0 saturated carbocycles. The Hall–Kier alpha value is -3.83. The number of sulfonamides is 1. The number of nitrogens with zero attached hydrogens (tertiary/aromatic N) is 4. The number of hydrogen-bond donors (Lipinski definition) is 0. The molecule has 2 aromatic heterocycles. The van der Waals surface area contributed by atoms with Crippen LogP contribution < -0.4 is 4.90 Å². The van der Waals surface area contributed by atoms with Crippen molar-refractivity contribution in [3.63, 3.8) is 0 Å². The predicted octanol–water partition coefficient (Wildman–Crippen LogP) is 7.66. The molecule has 0 radical (unpaired) electrons. The number of pyridine rings is 2. The molecule has 0 saturated heterocycles. The summed E-state index contributed by atoms with van der Waals surface area (Å²) in [6, 6.07) is 17.7. The van der Waals surface area contributed by atoms with E-state index in [-0.39, 0.29) is 29.3 Å². The van der Waals surface area contributed by atoms with E-state index in [1.807, 2.05) is 12.1 Å². The van der Waals surface area contributed by atoms with Gasteiger partial charge in [-0.3, -0.25) is 9.69 Å². The smallest absolute Gasteiger partial charge is 0.416 e. The van der Waals surface area contributed by atoms with E-state index < -0.39 is 39.8 Å². The number of benzene rings is 1. The first kappa shape index (κ1) is 38.6. The standard InChI is InChI=1S/C37H52N4O6S/c1-27(2)21-22-37(9,10)29-19-17-28(18-20-29)24-40(48(44,45)32-16-11-12-23-38-32)25-30-14-13-15-31(39-30)41(34(43)47-36(6,7)8)26-33(42)46-35(3,4)5/h11-20,23,27H,21-22,24-26H2,1-10H3. The summed E-state index contributed by atoms with van der Waals surface area (Å²) in [7, 11) is -4.06. The third kappa shape index (κ3) is 11.7. The lowest BCUT2D eigenvalue weighted by molar-refractivity contribution is -0.153. The predicted molar refractivity (Wildman–Crippen MR) is 188 cm³/mol. The van der Waals surface area contributed by atoms with Gasteiger partial charge in [0.05, 0.1) is 12.2 Å². The molecule has 48 heavy (non-hydrogen) atoms. The highest BCUT2D eigenvalue weighted by molar-refractivity contribution is 7.89.